The first kappa shape index (κ1) is 11.1. The standard InChI is InChI=1S/C11H14NO.ClH/c1-12-6-5-9-7-11(13-2)4-3-10(9)8-12;/h3-4,7-8H,5-6H2,1-2H3;1H/q+1;/p-1. The van der Waals surface area contributed by atoms with Gasteiger partial charge in [0.2, 0.25) is 0 Å². The molecular weight excluding hydrogens is 198 g/mol. The molecule has 0 amide bonds. The Labute approximate surface area is 90.6 Å². The van der Waals surface area contributed by atoms with Gasteiger partial charge in [-0.15, -0.1) is 0 Å². The second-order valence-corrected chi connectivity index (χ2v) is 3.42. The molecule has 2 rings (SSSR count). The molecule has 0 saturated carbocycles. The van der Waals surface area contributed by atoms with E-state index in [-0.39, 0.29) is 12.4 Å². The minimum Gasteiger partial charge on any atom is -1.00 e. The highest BCUT2D eigenvalue weighted by atomic mass is 35.5. The van der Waals surface area contributed by atoms with E-state index < -0.39 is 0 Å². The predicted molar refractivity (Wildman–Crippen MR) is 52.9 cm³/mol. The number of hydrogen-bond donors (Lipinski definition) is 0. The largest absolute Gasteiger partial charge is 1.00 e. The summed E-state index contributed by atoms with van der Waals surface area (Å²) in [7, 11) is 3.81. The number of likely N-dealkylation sites (N-methyl/N-ethyl adjacent to an activating group) is 1. The van der Waals surface area contributed by atoms with Crippen LogP contribution in [0.5, 0.6) is 5.75 Å². The fraction of sp³-hybridized carbons (Fsp3) is 0.364. The lowest BCUT2D eigenvalue weighted by atomic mass is 10.0. The summed E-state index contributed by atoms with van der Waals surface area (Å²) >= 11 is 0. The van der Waals surface area contributed by atoms with E-state index in [1.807, 2.05) is 6.07 Å². The van der Waals surface area contributed by atoms with Gasteiger partial charge in [0.25, 0.3) is 0 Å². The number of benzene rings is 1. The van der Waals surface area contributed by atoms with Crippen molar-refractivity contribution in [2.24, 2.45) is 0 Å². The van der Waals surface area contributed by atoms with Crippen LogP contribution < -0.4 is 17.1 Å². The molecular formula is C11H14ClNO. The van der Waals surface area contributed by atoms with E-state index in [0.29, 0.717) is 0 Å². The first-order valence-corrected chi connectivity index (χ1v) is 4.51. The molecule has 0 aliphatic carbocycles. The molecule has 0 aromatic heterocycles. The number of fused-ring (bicyclic) bond motifs is 1. The van der Waals surface area contributed by atoms with Gasteiger partial charge in [-0.25, -0.2) is 4.58 Å². The molecule has 76 valence electrons. The maximum atomic E-state index is 5.18. The van der Waals surface area contributed by atoms with Gasteiger partial charge in [0.1, 0.15) is 19.3 Å². The molecule has 2 nitrogen and oxygen atoms in total. The summed E-state index contributed by atoms with van der Waals surface area (Å²) in [6, 6.07) is 6.25. The van der Waals surface area contributed by atoms with Crippen LogP contribution in [-0.4, -0.2) is 31.5 Å². The van der Waals surface area contributed by atoms with Crippen molar-refractivity contribution in [1.29, 1.82) is 0 Å². The third-order valence-electron chi connectivity index (χ3n) is 2.44. The van der Waals surface area contributed by atoms with E-state index in [4.69, 9.17) is 4.74 Å². The first-order chi connectivity index (χ1) is 6.29. The Hall–Kier alpha value is -1.02. The number of methoxy groups -OCH3 is 1. The summed E-state index contributed by atoms with van der Waals surface area (Å²) in [6.07, 6.45) is 3.29. The Bertz CT molecular complexity index is 360. The number of nitrogens with zero attached hydrogens (tertiary/aromatic N) is 1. The number of rotatable bonds is 1. The Morgan fingerprint density at radius 2 is 2.14 bits per heavy atom. The average Bonchev–Trinajstić information content (AvgIpc) is 2.17. The molecule has 3 heteroatoms. The van der Waals surface area contributed by atoms with E-state index in [1.165, 1.54) is 11.1 Å². The maximum absolute atomic E-state index is 5.18. The van der Waals surface area contributed by atoms with Gasteiger partial charge < -0.3 is 17.1 Å². The average molecular weight is 212 g/mol. The second-order valence-electron chi connectivity index (χ2n) is 3.42. The van der Waals surface area contributed by atoms with E-state index in [2.05, 4.69) is 30.0 Å². The molecule has 0 atom stereocenters. The highest BCUT2D eigenvalue weighted by molar-refractivity contribution is 5.79. The summed E-state index contributed by atoms with van der Waals surface area (Å²) < 4.78 is 7.40. The third-order valence-corrected chi connectivity index (χ3v) is 2.44. The van der Waals surface area contributed by atoms with Gasteiger partial charge in [-0.05, 0) is 23.8 Å². The Balaban J connectivity index is 0.000000980. The number of hydrogen-bond acceptors (Lipinski definition) is 1. The lowest BCUT2D eigenvalue weighted by molar-refractivity contribution is -0.493. The van der Waals surface area contributed by atoms with Crippen molar-refractivity contribution in [3.63, 3.8) is 0 Å². The van der Waals surface area contributed by atoms with Gasteiger partial charge in [-0.1, -0.05) is 0 Å². The third kappa shape index (κ3) is 2.07. The molecule has 0 bridgehead atoms. The molecule has 0 unspecified atom stereocenters. The molecule has 0 radical (unpaired) electrons. The Morgan fingerprint density at radius 1 is 1.36 bits per heavy atom. The van der Waals surface area contributed by atoms with Crippen LogP contribution in [0.3, 0.4) is 0 Å². The zero-order valence-corrected chi connectivity index (χ0v) is 9.21. The van der Waals surface area contributed by atoms with Crippen molar-refractivity contribution in [3.8, 4) is 5.75 Å². The molecule has 1 aromatic carbocycles. The first-order valence-electron chi connectivity index (χ1n) is 4.51. The van der Waals surface area contributed by atoms with Gasteiger partial charge in [0, 0.05) is 12.0 Å². The SMILES string of the molecule is COc1ccc2c(c1)CC[N+](C)=C2.[Cl-]. The fourth-order valence-electron chi connectivity index (χ4n) is 1.65. The van der Waals surface area contributed by atoms with Crippen LogP contribution in [-0.2, 0) is 6.42 Å². The number of halogens is 1. The van der Waals surface area contributed by atoms with Crippen molar-refractivity contribution in [1.82, 2.24) is 0 Å². The molecule has 0 spiro atoms. The van der Waals surface area contributed by atoms with Crippen molar-refractivity contribution in [3.05, 3.63) is 29.3 Å². The molecule has 1 aromatic rings. The van der Waals surface area contributed by atoms with Crippen molar-refractivity contribution < 1.29 is 21.7 Å². The molecule has 0 fully saturated rings. The van der Waals surface area contributed by atoms with Crippen LogP contribution in [0, 0.1) is 0 Å². The molecule has 1 heterocycles. The van der Waals surface area contributed by atoms with Crippen molar-refractivity contribution in [2.75, 3.05) is 20.7 Å². The normalized spacial score (nSPS) is 13.7. The van der Waals surface area contributed by atoms with Crippen LogP contribution in [0.25, 0.3) is 0 Å². The minimum absolute atomic E-state index is 0. The van der Waals surface area contributed by atoms with Gasteiger partial charge in [0.15, 0.2) is 6.21 Å². The maximum Gasteiger partial charge on any atom is 0.170 e. The Morgan fingerprint density at radius 3 is 2.86 bits per heavy atom. The smallest absolute Gasteiger partial charge is 0.170 e. The van der Waals surface area contributed by atoms with Gasteiger partial charge in [0.05, 0.1) is 7.11 Å². The quantitative estimate of drug-likeness (QED) is 0.506. The summed E-state index contributed by atoms with van der Waals surface area (Å²) in [5.74, 6) is 0.955. The molecule has 0 N–H and O–H groups in total. The lowest BCUT2D eigenvalue weighted by Gasteiger charge is -2.10. The number of ether oxygens (including phenoxy) is 1. The highest BCUT2D eigenvalue weighted by Crippen LogP contribution is 2.18. The van der Waals surface area contributed by atoms with Crippen LogP contribution in [0.4, 0.5) is 0 Å². The summed E-state index contributed by atoms with van der Waals surface area (Å²) in [5.41, 5.74) is 2.70. The highest BCUT2D eigenvalue weighted by Gasteiger charge is 2.12. The van der Waals surface area contributed by atoms with E-state index in [9.17, 15) is 0 Å². The van der Waals surface area contributed by atoms with Gasteiger partial charge in [-0.2, -0.15) is 0 Å². The summed E-state index contributed by atoms with van der Waals surface area (Å²) in [5, 5.41) is 0. The zero-order chi connectivity index (χ0) is 9.26. The molecule has 1 aliphatic rings. The van der Waals surface area contributed by atoms with Crippen LogP contribution >= 0.6 is 0 Å². The molecule has 1 aliphatic heterocycles. The lowest BCUT2D eigenvalue weighted by Crippen LogP contribution is -3.00. The van der Waals surface area contributed by atoms with Crippen LogP contribution in [0.1, 0.15) is 11.1 Å². The van der Waals surface area contributed by atoms with E-state index in [0.717, 1.165) is 18.7 Å². The van der Waals surface area contributed by atoms with Crippen molar-refractivity contribution >= 4 is 6.21 Å². The van der Waals surface area contributed by atoms with Crippen molar-refractivity contribution in [2.45, 2.75) is 6.42 Å². The fourth-order valence-corrected chi connectivity index (χ4v) is 1.65. The monoisotopic (exact) mass is 211 g/mol. The second kappa shape index (κ2) is 4.47. The van der Waals surface area contributed by atoms with E-state index in [1.54, 1.807) is 7.11 Å². The van der Waals surface area contributed by atoms with E-state index >= 15 is 0 Å². The summed E-state index contributed by atoms with van der Waals surface area (Å²) in [4.78, 5) is 0. The topological polar surface area (TPSA) is 12.2 Å². The predicted octanol–water partition coefficient (Wildman–Crippen LogP) is -1.68. The zero-order valence-electron chi connectivity index (χ0n) is 8.46. The van der Waals surface area contributed by atoms with Gasteiger partial charge >= 0.3 is 0 Å². The van der Waals surface area contributed by atoms with Gasteiger partial charge in [-0.3, -0.25) is 0 Å². The molecule has 14 heavy (non-hydrogen) atoms. The van der Waals surface area contributed by atoms with Crippen LogP contribution in [0.15, 0.2) is 18.2 Å². The Kier molecular flexibility index (Phi) is 3.53. The summed E-state index contributed by atoms with van der Waals surface area (Å²) in [6.45, 7) is 1.10. The van der Waals surface area contributed by atoms with Crippen LogP contribution in [0.2, 0.25) is 0 Å². The minimum atomic E-state index is 0. The molecule has 0 saturated heterocycles.